The van der Waals surface area contributed by atoms with E-state index in [2.05, 4.69) is 11.9 Å². The Morgan fingerprint density at radius 2 is 1.84 bits per heavy atom. The second-order valence-electron chi connectivity index (χ2n) is 5.85. The molecule has 1 aromatic carbocycles. The third-order valence-electron chi connectivity index (χ3n) is 3.47. The predicted octanol–water partition coefficient (Wildman–Crippen LogP) is 2.90. The second-order valence-corrected chi connectivity index (χ2v) is 6.61. The first-order valence-corrected chi connectivity index (χ1v) is 8.21. The highest BCUT2D eigenvalue weighted by Crippen LogP contribution is 2.35. The SMILES string of the molecule is C=C(CC)C(=O)c1ccc(OCC(=O)NC(C)(C)C(N)=O)c(Cl)c1Cl. The van der Waals surface area contributed by atoms with Crippen LogP contribution in [0.3, 0.4) is 0 Å². The number of carbonyl (C=O) groups excluding carboxylic acids is 3. The Labute approximate surface area is 156 Å². The largest absolute Gasteiger partial charge is 0.482 e. The smallest absolute Gasteiger partial charge is 0.258 e. The predicted molar refractivity (Wildman–Crippen MR) is 97.1 cm³/mol. The van der Waals surface area contributed by atoms with Gasteiger partial charge in [0.15, 0.2) is 12.4 Å². The molecule has 8 heteroatoms. The molecular weight excluding hydrogens is 367 g/mol. The van der Waals surface area contributed by atoms with Crippen LogP contribution in [0, 0.1) is 0 Å². The van der Waals surface area contributed by atoms with E-state index in [1.165, 1.54) is 26.0 Å². The van der Waals surface area contributed by atoms with Crippen molar-refractivity contribution in [3.8, 4) is 5.75 Å². The maximum atomic E-state index is 12.2. The van der Waals surface area contributed by atoms with Crippen molar-refractivity contribution in [1.82, 2.24) is 5.32 Å². The normalized spacial score (nSPS) is 10.9. The van der Waals surface area contributed by atoms with Crippen molar-refractivity contribution in [2.75, 3.05) is 6.61 Å². The molecule has 0 aliphatic carbocycles. The Hall–Kier alpha value is -2.05. The fourth-order valence-corrected chi connectivity index (χ4v) is 2.22. The van der Waals surface area contributed by atoms with Crippen LogP contribution in [0.1, 0.15) is 37.6 Å². The van der Waals surface area contributed by atoms with Gasteiger partial charge < -0.3 is 15.8 Å². The molecule has 25 heavy (non-hydrogen) atoms. The summed E-state index contributed by atoms with van der Waals surface area (Å²) >= 11 is 12.2. The van der Waals surface area contributed by atoms with Crippen LogP contribution in [0.15, 0.2) is 24.3 Å². The minimum Gasteiger partial charge on any atom is -0.482 e. The fourth-order valence-electron chi connectivity index (χ4n) is 1.76. The zero-order valence-corrected chi connectivity index (χ0v) is 15.8. The van der Waals surface area contributed by atoms with Crippen molar-refractivity contribution < 1.29 is 19.1 Å². The number of hydrogen-bond acceptors (Lipinski definition) is 4. The molecule has 0 atom stereocenters. The first kappa shape index (κ1) is 21.0. The van der Waals surface area contributed by atoms with Crippen molar-refractivity contribution in [2.45, 2.75) is 32.7 Å². The Balaban J connectivity index is 2.87. The van der Waals surface area contributed by atoms with E-state index in [1.807, 2.05) is 0 Å². The van der Waals surface area contributed by atoms with Crippen molar-refractivity contribution >= 4 is 40.8 Å². The highest BCUT2D eigenvalue weighted by atomic mass is 35.5. The molecule has 0 spiro atoms. The molecule has 2 amide bonds. The molecule has 3 N–H and O–H groups in total. The summed E-state index contributed by atoms with van der Waals surface area (Å²) in [5, 5.41) is 2.47. The molecule has 6 nitrogen and oxygen atoms in total. The summed E-state index contributed by atoms with van der Waals surface area (Å²) in [5.74, 6) is -1.41. The van der Waals surface area contributed by atoms with Gasteiger partial charge in [0.25, 0.3) is 5.91 Å². The number of ketones is 1. The van der Waals surface area contributed by atoms with E-state index < -0.39 is 24.0 Å². The number of ether oxygens (including phenoxy) is 1. The summed E-state index contributed by atoms with van der Waals surface area (Å²) in [4.78, 5) is 35.2. The quantitative estimate of drug-likeness (QED) is 0.529. The molecule has 0 aromatic heterocycles. The van der Waals surface area contributed by atoms with Crippen molar-refractivity contribution in [1.29, 1.82) is 0 Å². The number of halogens is 2. The standard InChI is InChI=1S/C17H20Cl2N2O4/c1-5-9(2)15(23)10-6-7-11(14(19)13(10)18)25-8-12(22)21-17(3,4)16(20)24/h6-7H,2,5,8H2,1,3-4H3,(H2,20,24)(H,21,22). The van der Waals surface area contributed by atoms with Crippen LogP contribution < -0.4 is 15.8 Å². The zero-order chi connectivity index (χ0) is 19.4. The molecule has 0 radical (unpaired) electrons. The summed E-state index contributed by atoms with van der Waals surface area (Å²) in [5.41, 5.74) is 4.58. The highest BCUT2D eigenvalue weighted by molar-refractivity contribution is 6.45. The third-order valence-corrected chi connectivity index (χ3v) is 4.33. The van der Waals surface area contributed by atoms with E-state index in [0.29, 0.717) is 12.0 Å². The molecule has 0 fully saturated rings. The average molecular weight is 387 g/mol. The summed E-state index contributed by atoms with van der Waals surface area (Å²) in [6.07, 6.45) is 0.487. The lowest BCUT2D eigenvalue weighted by Gasteiger charge is -2.22. The molecule has 136 valence electrons. The number of carbonyl (C=O) groups is 3. The van der Waals surface area contributed by atoms with E-state index in [-0.39, 0.29) is 27.1 Å². The van der Waals surface area contributed by atoms with Gasteiger partial charge in [-0.05, 0) is 38.0 Å². The van der Waals surface area contributed by atoms with Crippen molar-refractivity contribution in [3.63, 3.8) is 0 Å². The Kier molecular flexibility index (Phi) is 7.02. The lowest BCUT2D eigenvalue weighted by atomic mass is 10.0. The summed E-state index contributed by atoms with van der Waals surface area (Å²) in [6.45, 7) is 8.02. The van der Waals surface area contributed by atoms with Crippen LogP contribution in [0.5, 0.6) is 5.75 Å². The lowest BCUT2D eigenvalue weighted by Crippen LogP contribution is -2.54. The molecule has 0 aliphatic rings. The van der Waals surface area contributed by atoms with Gasteiger partial charge in [0.1, 0.15) is 16.3 Å². The van der Waals surface area contributed by atoms with E-state index in [9.17, 15) is 14.4 Å². The molecule has 0 saturated carbocycles. The van der Waals surface area contributed by atoms with Crippen molar-refractivity contribution in [2.24, 2.45) is 5.73 Å². The van der Waals surface area contributed by atoms with Gasteiger partial charge in [-0.2, -0.15) is 0 Å². The maximum absolute atomic E-state index is 12.2. The van der Waals surface area contributed by atoms with E-state index in [0.717, 1.165) is 0 Å². The topological polar surface area (TPSA) is 98.5 Å². The number of benzene rings is 1. The molecule has 0 aliphatic heterocycles. The first-order chi connectivity index (χ1) is 11.5. The van der Waals surface area contributed by atoms with E-state index >= 15 is 0 Å². The van der Waals surface area contributed by atoms with E-state index in [1.54, 1.807) is 6.92 Å². The van der Waals surface area contributed by atoms with Crippen LogP contribution >= 0.6 is 23.2 Å². The summed E-state index contributed by atoms with van der Waals surface area (Å²) in [7, 11) is 0. The monoisotopic (exact) mass is 386 g/mol. The second kappa shape index (κ2) is 8.36. The minimum absolute atomic E-state index is 0.0124. The fraction of sp³-hybridized carbons (Fsp3) is 0.353. The van der Waals surface area contributed by atoms with Crippen LogP contribution in [-0.2, 0) is 9.59 Å². The minimum atomic E-state index is -1.21. The number of amides is 2. The van der Waals surface area contributed by atoms with Crippen LogP contribution in [0.2, 0.25) is 10.0 Å². The van der Waals surface area contributed by atoms with Gasteiger partial charge in [-0.1, -0.05) is 36.7 Å². The van der Waals surface area contributed by atoms with Gasteiger partial charge in [0, 0.05) is 5.56 Å². The number of nitrogens with two attached hydrogens (primary N) is 1. The van der Waals surface area contributed by atoms with Crippen LogP contribution in [0.25, 0.3) is 0 Å². The number of Topliss-reactive ketones (excluding diaryl/α,β-unsaturated/α-hetero) is 1. The van der Waals surface area contributed by atoms with Gasteiger partial charge in [-0.25, -0.2) is 0 Å². The Morgan fingerprint density at radius 3 is 2.36 bits per heavy atom. The van der Waals surface area contributed by atoms with Gasteiger partial charge in [-0.15, -0.1) is 0 Å². The maximum Gasteiger partial charge on any atom is 0.258 e. The van der Waals surface area contributed by atoms with Gasteiger partial charge in [0.2, 0.25) is 5.91 Å². The number of hydrogen-bond donors (Lipinski definition) is 2. The van der Waals surface area contributed by atoms with Crippen molar-refractivity contribution in [3.05, 3.63) is 39.9 Å². The molecule has 1 rings (SSSR count). The number of primary amides is 1. The highest BCUT2D eigenvalue weighted by Gasteiger charge is 2.27. The third kappa shape index (κ3) is 5.21. The molecule has 0 saturated heterocycles. The van der Waals surface area contributed by atoms with Gasteiger partial charge >= 0.3 is 0 Å². The Bertz CT molecular complexity index is 730. The molecular formula is C17H20Cl2N2O4. The van der Waals surface area contributed by atoms with E-state index in [4.69, 9.17) is 33.7 Å². The summed E-state index contributed by atoms with van der Waals surface area (Å²) < 4.78 is 5.31. The van der Waals surface area contributed by atoms with Gasteiger partial charge in [0.05, 0.1) is 5.02 Å². The van der Waals surface area contributed by atoms with Gasteiger partial charge in [-0.3, -0.25) is 14.4 Å². The lowest BCUT2D eigenvalue weighted by molar-refractivity contribution is -0.131. The Morgan fingerprint density at radius 1 is 1.24 bits per heavy atom. The molecule has 0 unspecified atom stereocenters. The molecule has 1 aromatic rings. The molecule has 0 heterocycles. The number of nitrogens with one attached hydrogen (secondary N) is 1. The zero-order valence-electron chi connectivity index (χ0n) is 14.2. The molecule has 0 bridgehead atoms. The number of rotatable bonds is 8. The number of allylic oxidation sites excluding steroid dienone is 1. The van der Waals surface area contributed by atoms with Crippen LogP contribution in [0.4, 0.5) is 0 Å². The first-order valence-electron chi connectivity index (χ1n) is 7.45. The average Bonchev–Trinajstić information content (AvgIpc) is 2.54. The summed E-state index contributed by atoms with van der Waals surface area (Å²) in [6, 6.07) is 2.90. The van der Waals surface area contributed by atoms with Crippen LogP contribution in [-0.4, -0.2) is 29.7 Å².